The van der Waals surface area contributed by atoms with Gasteiger partial charge in [0.05, 0.1) is 0 Å². The number of rotatable bonds is 4. The van der Waals surface area contributed by atoms with E-state index in [1.54, 1.807) is 13.8 Å². The maximum Gasteiger partial charge on any atom is 0.486 e. The van der Waals surface area contributed by atoms with Gasteiger partial charge in [0, 0.05) is 13.1 Å². The number of phosphoric acid groups is 1. The van der Waals surface area contributed by atoms with Crippen LogP contribution in [0.25, 0.3) is 0 Å². The van der Waals surface area contributed by atoms with Crippen LogP contribution in [-0.2, 0) is 9.19 Å². The number of nitrogens with zero attached hydrogens (tertiary/aromatic N) is 1. The molecule has 0 aromatic carbocycles. The Morgan fingerprint density at radius 1 is 1.40 bits per heavy atom. The lowest BCUT2D eigenvalue weighted by atomic mass is 10.6. The molecule has 0 aliphatic carbocycles. The fraction of sp³-hybridized carbons (Fsp3) is 1.00. The molecule has 0 aliphatic rings. The van der Waals surface area contributed by atoms with Gasteiger partial charge in [0.1, 0.15) is 0 Å². The lowest BCUT2D eigenvalue weighted by Crippen LogP contribution is -2.21. The Labute approximate surface area is 59.8 Å². The second-order valence-corrected chi connectivity index (χ2v) is 2.83. The minimum absolute atomic E-state index is 0.460. The largest absolute Gasteiger partial charge is 0.486 e. The van der Waals surface area contributed by atoms with Gasteiger partial charge in [-0.1, -0.05) is 13.8 Å². The molecular weight excluding hydrogens is 157 g/mol. The molecule has 0 heterocycles. The highest BCUT2D eigenvalue weighted by Crippen LogP contribution is 2.36. The van der Waals surface area contributed by atoms with E-state index >= 15 is 0 Å². The molecule has 5 nitrogen and oxygen atoms in total. The van der Waals surface area contributed by atoms with Crippen LogP contribution in [0.5, 0.6) is 0 Å². The second-order valence-electron chi connectivity index (χ2n) is 1.69. The van der Waals surface area contributed by atoms with Crippen molar-refractivity contribution in [1.29, 1.82) is 0 Å². The topological polar surface area (TPSA) is 70.0 Å². The number of hydrogen-bond acceptors (Lipinski definition) is 3. The van der Waals surface area contributed by atoms with Crippen LogP contribution < -0.4 is 0 Å². The Hall–Kier alpha value is 0.0700. The second kappa shape index (κ2) is 4.05. The van der Waals surface area contributed by atoms with Gasteiger partial charge in [-0.25, -0.2) is 4.57 Å². The third-order valence-corrected chi connectivity index (χ3v) is 1.37. The molecule has 0 amide bonds. The van der Waals surface area contributed by atoms with E-state index in [9.17, 15) is 4.57 Å². The van der Waals surface area contributed by atoms with Crippen molar-refractivity contribution in [3.63, 3.8) is 0 Å². The summed E-state index contributed by atoms with van der Waals surface area (Å²) in [7, 11) is -4.33. The first-order valence-corrected chi connectivity index (χ1v) is 4.52. The monoisotopic (exact) mass is 169 g/mol. The number of hydrogen-bond donors (Lipinski definition) is 2. The summed E-state index contributed by atoms with van der Waals surface area (Å²) in [5.41, 5.74) is 0. The van der Waals surface area contributed by atoms with Crippen LogP contribution in [0.1, 0.15) is 13.8 Å². The SMILES string of the molecule is CCN(CC)OP(=O)(O)O. The zero-order chi connectivity index (χ0) is 8.20. The van der Waals surface area contributed by atoms with Crippen molar-refractivity contribution in [2.24, 2.45) is 0 Å². The summed E-state index contributed by atoms with van der Waals surface area (Å²) >= 11 is 0. The quantitative estimate of drug-likeness (QED) is 0.469. The van der Waals surface area contributed by atoms with E-state index < -0.39 is 7.82 Å². The fourth-order valence-corrected chi connectivity index (χ4v) is 1.02. The molecule has 0 bridgehead atoms. The van der Waals surface area contributed by atoms with Crippen molar-refractivity contribution in [3.05, 3.63) is 0 Å². The van der Waals surface area contributed by atoms with Crippen LogP contribution in [0.2, 0.25) is 0 Å². The van der Waals surface area contributed by atoms with E-state index in [4.69, 9.17) is 9.79 Å². The average molecular weight is 169 g/mol. The first-order valence-electron chi connectivity index (χ1n) is 2.99. The van der Waals surface area contributed by atoms with Gasteiger partial charge in [-0.3, -0.25) is 0 Å². The zero-order valence-corrected chi connectivity index (χ0v) is 6.91. The van der Waals surface area contributed by atoms with E-state index in [1.165, 1.54) is 5.06 Å². The minimum atomic E-state index is -4.33. The van der Waals surface area contributed by atoms with E-state index in [0.29, 0.717) is 13.1 Å². The molecule has 0 aliphatic heterocycles. The molecule has 0 atom stereocenters. The molecule has 0 aromatic heterocycles. The van der Waals surface area contributed by atoms with E-state index in [2.05, 4.69) is 4.62 Å². The highest BCUT2D eigenvalue weighted by molar-refractivity contribution is 7.46. The van der Waals surface area contributed by atoms with Crippen molar-refractivity contribution < 1.29 is 19.0 Å². The molecule has 0 unspecified atom stereocenters. The third kappa shape index (κ3) is 4.90. The van der Waals surface area contributed by atoms with Crippen molar-refractivity contribution >= 4 is 7.82 Å². The van der Waals surface area contributed by atoms with Crippen LogP contribution in [0, 0.1) is 0 Å². The molecule has 0 radical (unpaired) electrons. The summed E-state index contributed by atoms with van der Waals surface area (Å²) in [5.74, 6) is 0. The standard InChI is InChI=1S/C4H12NO4P/c1-3-5(4-2)9-10(6,7)8/h3-4H2,1-2H3,(H2,6,7,8). The molecule has 62 valence electrons. The Bertz CT molecular complexity index is 129. The molecule has 0 fully saturated rings. The Kier molecular flexibility index (Phi) is 4.08. The first-order chi connectivity index (χ1) is 4.49. The van der Waals surface area contributed by atoms with Crippen LogP contribution in [0.3, 0.4) is 0 Å². The summed E-state index contributed by atoms with van der Waals surface area (Å²) < 4.78 is 14.4. The van der Waals surface area contributed by atoms with Crippen molar-refractivity contribution in [3.8, 4) is 0 Å². The van der Waals surface area contributed by atoms with Gasteiger partial charge in [0.25, 0.3) is 0 Å². The highest BCUT2D eigenvalue weighted by Gasteiger charge is 2.17. The maximum absolute atomic E-state index is 10.2. The number of hydroxylamine groups is 2. The van der Waals surface area contributed by atoms with Crippen LogP contribution in [0.15, 0.2) is 0 Å². The molecule has 6 heteroatoms. The predicted octanol–water partition coefficient (Wildman–Crippen LogP) is 0.352. The lowest BCUT2D eigenvalue weighted by Gasteiger charge is -2.17. The fourth-order valence-electron chi connectivity index (χ4n) is 0.489. The maximum atomic E-state index is 10.2. The zero-order valence-electron chi connectivity index (χ0n) is 6.02. The first kappa shape index (κ1) is 10.1. The molecule has 2 N–H and O–H groups in total. The molecule has 0 saturated heterocycles. The molecule has 0 rings (SSSR count). The Morgan fingerprint density at radius 2 is 1.80 bits per heavy atom. The Balaban J connectivity index is 3.75. The van der Waals surface area contributed by atoms with Gasteiger partial charge < -0.3 is 9.79 Å². The van der Waals surface area contributed by atoms with Gasteiger partial charge in [-0.2, -0.15) is 9.69 Å². The van der Waals surface area contributed by atoms with E-state index in [0.717, 1.165) is 0 Å². The highest BCUT2D eigenvalue weighted by atomic mass is 31.2. The predicted molar refractivity (Wildman–Crippen MR) is 36.1 cm³/mol. The van der Waals surface area contributed by atoms with Crippen LogP contribution >= 0.6 is 7.82 Å². The van der Waals surface area contributed by atoms with Gasteiger partial charge in [-0.05, 0) is 0 Å². The molecular formula is C4H12NO4P. The summed E-state index contributed by atoms with van der Waals surface area (Å²) in [6.07, 6.45) is 0. The summed E-state index contributed by atoms with van der Waals surface area (Å²) in [4.78, 5) is 16.6. The minimum Gasteiger partial charge on any atom is -0.302 e. The summed E-state index contributed by atoms with van der Waals surface area (Å²) in [5, 5.41) is 1.20. The van der Waals surface area contributed by atoms with Gasteiger partial charge in [-0.15, -0.1) is 0 Å². The van der Waals surface area contributed by atoms with Crippen molar-refractivity contribution in [1.82, 2.24) is 5.06 Å². The summed E-state index contributed by atoms with van der Waals surface area (Å²) in [6, 6.07) is 0. The van der Waals surface area contributed by atoms with E-state index in [-0.39, 0.29) is 0 Å². The summed E-state index contributed by atoms with van der Waals surface area (Å²) in [6.45, 7) is 4.42. The molecule has 0 aromatic rings. The van der Waals surface area contributed by atoms with Gasteiger partial charge in [0.15, 0.2) is 0 Å². The average Bonchev–Trinajstić information content (AvgIpc) is 1.81. The lowest BCUT2D eigenvalue weighted by molar-refractivity contribution is -0.0725. The third-order valence-electron chi connectivity index (χ3n) is 0.927. The molecule has 0 spiro atoms. The molecule has 0 saturated carbocycles. The van der Waals surface area contributed by atoms with E-state index in [1.807, 2.05) is 0 Å². The van der Waals surface area contributed by atoms with Crippen molar-refractivity contribution in [2.45, 2.75) is 13.8 Å². The van der Waals surface area contributed by atoms with Gasteiger partial charge in [0.2, 0.25) is 0 Å². The van der Waals surface area contributed by atoms with Crippen LogP contribution in [0.4, 0.5) is 0 Å². The molecule has 10 heavy (non-hydrogen) atoms. The smallest absolute Gasteiger partial charge is 0.302 e. The Morgan fingerprint density at radius 3 is 1.90 bits per heavy atom. The van der Waals surface area contributed by atoms with Crippen molar-refractivity contribution in [2.75, 3.05) is 13.1 Å². The normalized spacial score (nSPS) is 12.5. The van der Waals surface area contributed by atoms with Gasteiger partial charge >= 0.3 is 7.82 Å². The van der Waals surface area contributed by atoms with Crippen LogP contribution in [-0.4, -0.2) is 27.9 Å².